The van der Waals surface area contributed by atoms with E-state index in [2.05, 4.69) is 19.2 Å². The average molecular weight is 455 g/mol. The van der Waals surface area contributed by atoms with E-state index in [1.165, 1.54) is 36.4 Å². The van der Waals surface area contributed by atoms with E-state index in [1.54, 1.807) is 4.90 Å². The lowest BCUT2D eigenvalue weighted by Gasteiger charge is -2.45. The fourth-order valence-corrected chi connectivity index (χ4v) is 4.59. The van der Waals surface area contributed by atoms with Gasteiger partial charge < -0.3 is 15.3 Å². The quantitative estimate of drug-likeness (QED) is 0.681. The molecule has 3 rings (SSSR count). The lowest BCUT2D eigenvalue weighted by molar-refractivity contribution is -0.137. The van der Waals surface area contributed by atoms with E-state index in [0.29, 0.717) is 13.1 Å². The van der Waals surface area contributed by atoms with Crippen LogP contribution in [-0.4, -0.2) is 46.9 Å². The first kappa shape index (κ1) is 24.4. The van der Waals surface area contributed by atoms with Crippen LogP contribution in [0.5, 0.6) is 0 Å². The minimum absolute atomic E-state index is 0.0136. The summed E-state index contributed by atoms with van der Waals surface area (Å²) < 4.78 is 13.4. The number of likely N-dealkylation sites (tertiary alicyclic amines) is 1. The Balaban J connectivity index is 1.73. The Morgan fingerprint density at radius 1 is 1.09 bits per heavy atom. The van der Waals surface area contributed by atoms with Crippen LogP contribution >= 0.6 is 0 Å². The Hall–Kier alpha value is -3.22. The van der Waals surface area contributed by atoms with Crippen molar-refractivity contribution in [1.29, 1.82) is 0 Å². The van der Waals surface area contributed by atoms with Crippen LogP contribution < -0.4 is 5.32 Å². The van der Waals surface area contributed by atoms with Crippen molar-refractivity contribution in [2.75, 3.05) is 13.1 Å². The number of carboxylic acid groups (broad SMARTS) is 1. The number of carbonyl (C=O) groups excluding carboxylic acids is 2. The molecule has 0 aliphatic carbocycles. The molecule has 0 spiro atoms. The van der Waals surface area contributed by atoms with Gasteiger partial charge >= 0.3 is 5.97 Å². The topological polar surface area (TPSA) is 86.7 Å². The summed E-state index contributed by atoms with van der Waals surface area (Å²) in [5.41, 5.74) is 1.04. The molecular weight excluding hydrogens is 423 g/mol. The van der Waals surface area contributed by atoms with Crippen molar-refractivity contribution in [2.45, 2.75) is 46.1 Å². The van der Waals surface area contributed by atoms with E-state index in [9.17, 15) is 23.9 Å². The molecule has 33 heavy (non-hydrogen) atoms. The third-order valence-electron chi connectivity index (χ3n) is 6.40. The molecule has 1 heterocycles. The van der Waals surface area contributed by atoms with Gasteiger partial charge in [-0.3, -0.25) is 9.59 Å². The van der Waals surface area contributed by atoms with Gasteiger partial charge in [-0.25, -0.2) is 9.18 Å². The van der Waals surface area contributed by atoms with E-state index >= 15 is 0 Å². The van der Waals surface area contributed by atoms with Gasteiger partial charge in [0.2, 0.25) is 5.91 Å². The molecule has 2 atom stereocenters. The fraction of sp³-hybridized carbons (Fsp3) is 0.423. The highest BCUT2D eigenvalue weighted by Gasteiger charge is 2.40. The van der Waals surface area contributed by atoms with Crippen molar-refractivity contribution < 1.29 is 23.9 Å². The number of piperidine rings is 1. The molecule has 2 N–H and O–H groups in total. The largest absolute Gasteiger partial charge is 0.478 e. The van der Waals surface area contributed by atoms with Crippen molar-refractivity contribution >= 4 is 17.8 Å². The van der Waals surface area contributed by atoms with E-state index in [0.717, 1.165) is 12.0 Å². The highest BCUT2D eigenvalue weighted by Crippen LogP contribution is 2.42. The molecule has 1 aliphatic rings. The highest BCUT2D eigenvalue weighted by molar-refractivity contribution is 5.99. The first-order valence-corrected chi connectivity index (χ1v) is 11.2. The van der Waals surface area contributed by atoms with Crippen LogP contribution in [0.15, 0.2) is 48.5 Å². The zero-order valence-corrected chi connectivity index (χ0v) is 19.5. The summed E-state index contributed by atoms with van der Waals surface area (Å²) >= 11 is 0. The number of halogens is 1. The minimum atomic E-state index is -1.12. The van der Waals surface area contributed by atoms with Crippen LogP contribution in [0.2, 0.25) is 0 Å². The normalized spacial score (nSPS) is 18.6. The summed E-state index contributed by atoms with van der Waals surface area (Å²) in [6, 6.07) is 11.6. The Morgan fingerprint density at radius 2 is 1.73 bits per heavy atom. The first-order valence-electron chi connectivity index (χ1n) is 11.2. The summed E-state index contributed by atoms with van der Waals surface area (Å²) in [4.78, 5) is 39.2. The zero-order chi connectivity index (χ0) is 24.3. The third-order valence-corrected chi connectivity index (χ3v) is 6.40. The van der Waals surface area contributed by atoms with Gasteiger partial charge in [0.15, 0.2) is 0 Å². The number of hydrogen-bond acceptors (Lipinski definition) is 3. The number of nitrogens with zero attached hydrogens (tertiary/aromatic N) is 1. The van der Waals surface area contributed by atoms with Crippen LogP contribution in [0, 0.1) is 17.2 Å². The van der Waals surface area contributed by atoms with Gasteiger partial charge in [-0.15, -0.1) is 0 Å². The second-order valence-electron chi connectivity index (χ2n) is 9.72. The van der Waals surface area contributed by atoms with Gasteiger partial charge in [0.05, 0.1) is 5.56 Å². The maximum atomic E-state index is 13.4. The second-order valence-corrected chi connectivity index (χ2v) is 9.72. The Morgan fingerprint density at radius 3 is 2.30 bits per heavy atom. The van der Waals surface area contributed by atoms with Gasteiger partial charge in [-0.1, -0.05) is 45.9 Å². The molecule has 0 saturated carbocycles. The van der Waals surface area contributed by atoms with Crippen LogP contribution in [0.4, 0.5) is 4.39 Å². The summed E-state index contributed by atoms with van der Waals surface area (Å²) in [6.45, 7) is 8.99. The van der Waals surface area contributed by atoms with Crippen molar-refractivity contribution in [2.24, 2.45) is 11.3 Å². The molecule has 0 bridgehead atoms. The van der Waals surface area contributed by atoms with Gasteiger partial charge in [0.25, 0.3) is 5.91 Å². The average Bonchev–Trinajstić information content (AvgIpc) is 2.76. The molecule has 2 aromatic carbocycles. The maximum absolute atomic E-state index is 13.4. The zero-order valence-electron chi connectivity index (χ0n) is 19.5. The molecule has 0 aromatic heterocycles. The molecule has 1 saturated heterocycles. The minimum Gasteiger partial charge on any atom is -0.478 e. The number of nitrogens with one attached hydrogen (secondary N) is 1. The van der Waals surface area contributed by atoms with Gasteiger partial charge in [-0.05, 0) is 59.6 Å². The molecular formula is C26H31FN2O4. The molecule has 0 radical (unpaired) electrons. The number of benzene rings is 2. The summed E-state index contributed by atoms with van der Waals surface area (Å²) in [7, 11) is 0. The monoisotopic (exact) mass is 454 g/mol. The predicted octanol–water partition coefficient (Wildman–Crippen LogP) is 4.32. The fourth-order valence-electron chi connectivity index (χ4n) is 4.59. The molecule has 2 aromatic rings. The maximum Gasteiger partial charge on any atom is 0.335 e. The van der Waals surface area contributed by atoms with Crippen LogP contribution in [0.25, 0.3) is 0 Å². The smallest absolute Gasteiger partial charge is 0.335 e. The Labute approximate surface area is 193 Å². The van der Waals surface area contributed by atoms with Crippen molar-refractivity contribution in [3.8, 4) is 0 Å². The van der Waals surface area contributed by atoms with Gasteiger partial charge in [0.1, 0.15) is 11.9 Å². The molecule has 7 heteroatoms. The van der Waals surface area contributed by atoms with E-state index in [-0.39, 0.29) is 40.1 Å². The number of aromatic carboxylic acids is 1. The Bertz CT molecular complexity index is 1030. The van der Waals surface area contributed by atoms with Gasteiger partial charge in [-0.2, -0.15) is 0 Å². The van der Waals surface area contributed by atoms with E-state index in [4.69, 9.17) is 0 Å². The third kappa shape index (κ3) is 5.59. The van der Waals surface area contributed by atoms with Crippen molar-refractivity contribution in [3.63, 3.8) is 0 Å². The molecule has 0 unspecified atom stereocenters. The van der Waals surface area contributed by atoms with Crippen LogP contribution in [-0.2, 0) is 4.79 Å². The van der Waals surface area contributed by atoms with E-state index in [1.807, 2.05) is 26.0 Å². The Kier molecular flexibility index (Phi) is 7.20. The second kappa shape index (κ2) is 9.73. The van der Waals surface area contributed by atoms with E-state index < -0.39 is 17.9 Å². The molecule has 6 nitrogen and oxygen atoms in total. The van der Waals surface area contributed by atoms with Gasteiger partial charge in [0, 0.05) is 18.7 Å². The predicted molar refractivity (Wildman–Crippen MR) is 124 cm³/mol. The number of hydrogen-bond donors (Lipinski definition) is 2. The lowest BCUT2D eigenvalue weighted by Crippen LogP contribution is -2.55. The van der Waals surface area contributed by atoms with Crippen molar-refractivity contribution in [1.82, 2.24) is 10.2 Å². The number of carbonyl (C=O) groups is 3. The van der Waals surface area contributed by atoms with Crippen molar-refractivity contribution in [3.05, 3.63) is 71.0 Å². The number of carboxylic acids is 1. The summed E-state index contributed by atoms with van der Waals surface area (Å²) in [5, 5.41) is 12.0. The SMILES string of the molecule is CC(C)[C@@H](NC(=O)c1cccc(C(=O)O)c1)C(=O)N1CC[C@H](c2ccc(F)cc2)C(C)(C)C1. The summed E-state index contributed by atoms with van der Waals surface area (Å²) in [5.74, 6) is -1.99. The number of amides is 2. The molecule has 176 valence electrons. The highest BCUT2D eigenvalue weighted by atomic mass is 19.1. The number of rotatable bonds is 6. The lowest BCUT2D eigenvalue weighted by atomic mass is 9.70. The summed E-state index contributed by atoms with van der Waals surface area (Å²) in [6.07, 6.45) is 0.740. The molecule has 1 fully saturated rings. The van der Waals surface area contributed by atoms with Crippen LogP contribution in [0.3, 0.4) is 0 Å². The standard InChI is InChI=1S/C26H31FN2O4/c1-16(2)22(28-23(30)18-6-5-7-19(14-18)25(32)33)24(31)29-13-12-21(26(3,4)15-29)17-8-10-20(27)11-9-17/h5-11,14,16,21-22H,12-13,15H2,1-4H3,(H,28,30)(H,32,33)/t21-,22-/m1/s1. The molecule has 1 aliphatic heterocycles. The first-order chi connectivity index (χ1) is 15.5. The van der Waals surface area contributed by atoms with Crippen LogP contribution in [0.1, 0.15) is 66.3 Å². The molecule has 2 amide bonds.